The molecule has 1 aliphatic rings. The van der Waals surface area contributed by atoms with Gasteiger partial charge in [-0.15, -0.1) is 0 Å². The minimum absolute atomic E-state index is 0.0491. The van der Waals surface area contributed by atoms with E-state index in [0.717, 1.165) is 30.5 Å². The van der Waals surface area contributed by atoms with Gasteiger partial charge in [0.2, 0.25) is 5.91 Å². The molecule has 0 radical (unpaired) electrons. The van der Waals surface area contributed by atoms with Crippen molar-refractivity contribution in [2.75, 3.05) is 30.5 Å². The number of nitrogens with zero attached hydrogens (tertiary/aromatic N) is 1. The number of carbonyl (C=O) groups is 3. The molecule has 1 saturated carbocycles. The summed E-state index contributed by atoms with van der Waals surface area (Å²) in [6.45, 7) is 0.704. The summed E-state index contributed by atoms with van der Waals surface area (Å²) in [6.07, 6.45) is 3.23. The number of hydrogen-bond donors (Lipinski definition) is 1. The monoisotopic (exact) mass is 610 g/mol. The summed E-state index contributed by atoms with van der Waals surface area (Å²) in [5.41, 5.74) is 3.24. The largest absolute Gasteiger partial charge is 0.492 e. The van der Waals surface area contributed by atoms with Crippen LogP contribution in [0.25, 0.3) is 0 Å². The Bertz CT molecular complexity index is 1590. The quantitative estimate of drug-likeness (QED) is 0.130. The van der Waals surface area contributed by atoms with Crippen molar-refractivity contribution in [3.8, 4) is 5.75 Å². The van der Waals surface area contributed by atoms with Crippen LogP contribution in [0.3, 0.4) is 0 Å². The molecule has 1 atom stereocenters. The number of hydrogen-bond acceptors (Lipinski definition) is 6. The second kappa shape index (κ2) is 14.7. The molecule has 226 valence electrons. The van der Waals surface area contributed by atoms with Crippen molar-refractivity contribution in [3.05, 3.63) is 125 Å². The van der Waals surface area contributed by atoms with Gasteiger partial charge < -0.3 is 19.7 Å². The molecular formula is C36H35ClN2O5. The van der Waals surface area contributed by atoms with Crippen LogP contribution in [0.4, 0.5) is 11.4 Å². The van der Waals surface area contributed by atoms with E-state index >= 15 is 0 Å². The fourth-order valence-corrected chi connectivity index (χ4v) is 5.36. The first-order valence-electron chi connectivity index (χ1n) is 14.7. The average Bonchev–Trinajstić information content (AvgIpc) is 3.02. The lowest BCUT2D eigenvalue weighted by Crippen LogP contribution is -2.41. The molecule has 4 aromatic rings. The number of para-hydroxylation sites is 1. The lowest BCUT2D eigenvalue weighted by molar-refractivity contribution is -0.141. The molecule has 44 heavy (non-hydrogen) atoms. The fraction of sp³-hybridized carbons (Fsp3) is 0.250. The van der Waals surface area contributed by atoms with Crippen molar-refractivity contribution in [2.45, 2.75) is 31.7 Å². The lowest BCUT2D eigenvalue weighted by atomic mass is 9.84. The zero-order valence-electron chi connectivity index (χ0n) is 24.6. The SMILES string of the molecule is COC(=O)[C@H](Cc1ccc(OCCN(C(=O)C2CCC2)c2cccc(Cl)c2)cc1)Nc1ccccc1C(=O)c1ccccc1. The van der Waals surface area contributed by atoms with Crippen molar-refractivity contribution in [2.24, 2.45) is 5.92 Å². The summed E-state index contributed by atoms with van der Waals surface area (Å²) in [7, 11) is 1.34. The minimum atomic E-state index is -0.722. The van der Waals surface area contributed by atoms with Crippen LogP contribution < -0.4 is 15.0 Å². The highest BCUT2D eigenvalue weighted by molar-refractivity contribution is 6.30. The topological polar surface area (TPSA) is 84.9 Å². The summed E-state index contributed by atoms with van der Waals surface area (Å²) >= 11 is 6.21. The van der Waals surface area contributed by atoms with E-state index in [0.29, 0.717) is 47.2 Å². The Kier molecular flexibility index (Phi) is 10.3. The summed E-state index contributed by atoms with van der Waals surface area (Å²) in [5.74, 6) is 0.225. The van der Waals surface area contributed by atoms with Gasteiger partial charge in [-0.25, -0.2) is 4.79 Å². The second-order valence-corrected chi connectivity index (χ2v) is 11.2. The predicted molar refractivity (Wildman–Crippen MR) is 173 cm³/mol. The van der Waals surface area contributed by atoms with E-state index in [-0.39, 0.29) is 17.6 Å². The molecule has 5 rings (SSSR count). The first-order valence-corrected chi connectivity index (χ1v) is 15.1. The Morgan fingerprint density at radius 2 is 1.64 bits per heavy atom. The van der Waals surface area contributed by atoms with Crippen molar-refractivity contribution in [3.63, 3.8) is 0 Å². The summed E-state index contributed by atoms with van der Waals surface area (Å²) in [4.78, 5) is 40.9. The predicted octanol–water partition coefficient (Wildman–Crippen LogP) is 6.98. The third kappa shape index (κ3) is 7.66. The summed E-state index contributed by atoms with van der Waals surface area (Å²) in [5, 5.41) is 3.81. The van der Waals surface area contributed by atoms with E-state index < -0.39 is 12.0 Å². The van der Waals surface area contributed by atoms with Gasteiger partial charge in [-0.1, -0.05) is 78.7 Å². The second-order valence-electron chi connectivity index (χ2n) is 10.8. The van der Waals surface area contributed by atoms with Crippen molar-refractivity contribution < 1.29 is 23.9 Å². The number of ether oxygens (including phenoxy) is 2. The van der Waals surface area contributed by atoms with Gasteiger partial charge in [-0.3, -0.25) is 9.59 Å². The van der Waals surface area contributed by atoms with Gasteiger partial charge in [0, 0.05) is 39.9 Å². The fourth-order valence-electron chi connectivity index (χ4n) is 5.17. The summed E-state index contributed by atoms with van der Waals surface area (Å²) in [6, 6.07) is 30.2. The van der Waals surface area contributed by atoms with Gasteiger partial charge >= 0.3 is 5.97 Å². The van der Waals surface area contributed by atoms with Crippen LogP contribution in [0.1, 0.15) is 40.7 Å². The molecule has 0 aliphatic heterocycles. The highest BCUT2D eigenvalue weighted by atomic mass is 35.5. The average molecular weight is 611 g/mol. The molecule has 1 amide bonds. The van der Waals surface area contributed by atoms with Crippen molar-refractivity contribution in [1.29, 1.82) is 0 Å². The van der Waals surface area contributed by atoms with Crippen molar-refractivity contribution >= 4 is 40.6 Å². The minimum Gasteiger partial charge on any atom is -0.492 e. The number of anilines is 2. The maximum absolute atomic E-state index is 13.2. The van der Waals surface area contributed by atoms with E-state index in [1.54, 1.807) is 47.4 Å². The number of halogens is 1. The first-order chi connectivity index (χ1) is 21.4. The molecular weight excluding hydrogens is 576 g/mol. The van der Waals surface area contributed by atoms with Crippen LogP contribution in [-0.2, 0) is 20.7 Å². The van der Waals surface area contributed by atoms with E-state index in [1.807, 2.05) is 60.7 Å². The number of carbonyl (C=O) groups excluding carboxylic acids is 3. The van der Waals surface area contributed by atoms with Gasteiger partial charge in [-0.2, -0.15) is 0 Å². The molecule has 1 N–H and O–H groups in total. The third-order valence-electron chi connectivity index (χ3n) is 7.81. The molecule has 1 aliphatic carbocycles. The third-order valence-corrected chi connectivity index (χ3v) is 8.05. The van der Waals surface area contributed by atoms with Gasteiger partial charge in [0.1, 0.15) is 18.4 Å². The number of methoxy groups -OCH3 is 1. The number of nitrogens with one attached hydrogen (secondary N) is 1. The molecule has 8 heteroatoms. The highest BCUT2D eigenvalue weighted by Gasteiger charge is 2.30. The van der Waals surface area contributed by atoms with Gasteiger partial charge in [-0.05, 0) is 60.9 Å². The molecule has 0 aromatic heterocycles. The molecule has 0 unspecified atom stereocenters. The Labute approximate surface area is 262 Å². The zero-order valence-corrected chi connectivity index (χ0v) is 25.3. The molecule has 0 heterocycles. The Hall–Kier alpha value is -4.62. The smallest absolute Gasteiger partial charge is 0.328 e. The number of amides is 1. The van der Waals surface area contributed by atoms with Crippen LogP contribution in [-0.4, -0.2) is 44.0 Å². The maximum Gasteiger partial charge on any atom is 0.328 e. The van der Waals surface area contributed by atoms with Crippen LogP contribution in [0.15, 0.2) is 103 Å². The first kappa shape index (κ1) is 30.8. The van der Waals surface area contributed by atoms with E-state index in [9.17, 15) is 14.4 Å². The van der Waals surface area contributed by atoms with Crippen LogP contribution in [0.5, 0.6) is 5.75 Å². The Morgan fingerprint density at radius 1 is 0.909 bits per heavy atom. The van der Waals surface area contributed by atoms with Gasteiger partial charge in [0.05, 0.1) is 13.7 Å². The van der Waals surface area contributed by atoms with E-state index in [2.05, 4.69) is 5.32 Å². The number of benzene rings is 4. The molecule has 0 saturated heterocycles. The lowest BCUT2D eigenvalue weighted by Gasteiger charge is -2.31. The Balaban J connectivity index is 1.23. The molecule has 4 aromatic carbocycles. The number of esters is 1. The van der Waals surface area contributed by atoms with E-state index in [4.69, 9.17) is 21.1 Å². The molecule has 0 bridgehead atoms. The van der Waals surface area contributed by atoms with E-state index in [1.165, 1.54) is 7.11 Å². The standard InChI is InChI=1S/C36H35ClN2O5/c1-43-36(42)33(38-32-16-6-5-15-31(32)34(40)26-9-3-2-4-10-26)23-25-17-19-30(20-18-25)44-22-21-39(35(41)27-11-7-12-27)29-14-8-13-28(37)24-29/h2-6,8-10,13-20,24,27,33,38H,7,11-12,21-23H2,1H3/t33-/m0/s1. The van der Waals surface area contributed by atoms with Gasteiger partial charge in [0.25, 0.3) is 0 Å². The van der Waals surface area contributed by atoms with Crippen LogP contribution >= 0.6 is 11.6 Å². The Morgan fingerprint density at radius 3 is 2.32 bits per heavy atom. The highest BCUT2D eigenvalue weighted by Crippen LogP contribution is 2.31. The maximum atomic E-state index is 13.2. The van der Waals surface area contributed by atoms with Crippen molar-refractivity contribution in [1.82, 2.24) is 0 Å². The number of rotatable bonds is 13. The molecule has 7 nitrogen and oxygen atoms in total. The molecule has 0 spiro atoms. The van der Waals surface area contributed by atoms with Gasteiger partial charge in [0.15, 0.2) is 5.78 Å². The number of ketones is 1. The van der Waals surface area contributed by atoms with Crippen LogP contribution in [0, 0.1) is 5.92 Å². The summed E-state index contributed by atoms with van der Waals surface area (Å²) < 4.78 is 11.1. The zero-order chi connectivity index (χ0) is 30.9. The van der Waals surface area contributed by atoms with Crippen LogP contribution in [0.2, 0.25) is 5.02 Å². The normalized spacial score (nSPS) is 13.3. The molecule has 1 fully saturated rings.